The van der Waals surface area contributed by atoms with Gasteiger partial charge in [-0.05, 0) is 40.8 Å². The molecule has 1 N–H and O–H groups in total. The molecule has 0 saturated carbocycles. The van der Waals surface area contributed by atoms with E-state index in [1.807, 2.05) is 0 Å². The van der Waals surface area contributed by atoms with E-state index < -0.39 is 5.95 Å². The number of H-pyrrole nitrogens is 1. The number of fused-ring (bicyclic) bond motifs is 1. The number of pyridine rings is 1. The lowest BCUT2D eigenvalue weighted by Gasteiger charge is -1.86. The van der Waals surface area contributed by atoms with Gasteiger partial charge in [-0.1, -0.05) is 0 Å². The highest BCUT2D eigenvalue weighted by molar-refractivity contribution is 14.1. The van der Waals surface area contributed by atoms with Crippen molar-refractivity contribution in [2.75, 3.05) is 0 Å². The van der Waals surface area contributed by atoms with Crippen molar-refractivity contribution in [1.29, 1.82) is 0 Å². The highest BCUT2D eigenvalue weighted by Crippen LogP contribution is 2.14. The van der Waals surface area contributed by atoms with E-state index in [9.17, 15) is 4.39 Å². The van der Waals surface area contributed by atoms with Gasteiger partial charge < -0.3 is 4.98 Å². The average Bonchev–Trinajstić information content (AvgIpc) is 2.27. The molecule has 0 aliphatic carbocycles. The van der Waals surface area contributed by atoms with Gasteiger partial charge in [-0.3, -0.25) is 0 Å². The van der Waals surface area contributed by atoms with E-state index in [0.29, 0.717) is 5.52 Å². The maximum absolute atomic E-state index is 12.5. The van der Waals surface area contributed by atoms with Crippen molar-refractivity contribution in [3.05, 3.63) is 27.8 Å². The highest BCUT2D eigenvalue weighted by Gasteiger charge is 1.99. The summed E-state index contributed by atoms with van der Waals surface area (Å²) < 4.78 is 13.5. The third kappa shape index (κ3) is 1.22. The molecule has 0 saturated heterocycles. The SMILES string of the molecule is Fc1ccc2[nH]c(I)cc2n1. The maximum Gasteiger partial charge on any atom is 0.213 e. The monoisotopic (exact) mass is 262 g/mol. The van der Waals surface area contributed by atoms with Gasteiger partial charge in [-0.25, -0.2) is 4.98 Å². The number of hydrogen-bond donors (Lipinski definition) is 1. The molecule has 0 atom stereocenters. The average molecular weight is 262 g/mol. The second kappa shape index (κ2) is 2.44. The van der Waals surface area contributed by atoms with Crippen molar-refractivity contribution in [3.63, 3.8) is 0 Å². The lowest BCUT2D eigenvalue weighted by molar-refractivity contribution is 0.589. The topological polar surface area (TPSA) is 28.7 Å². The number of nitrogens with zero attached hydrogens (tertiary/aromatic N) is 1. The summed E-state index contributed by atoms with van der Waals surface area (Å²) in [4.78, 5) is 6.74. The molecule has 2 heterocycles. The van der Waals surface area contributed by atoms with Gasteiger partial charge >= 0.3 is 0 Å². The number of rotatable bonds is 0. The van der Waals surface area contributed by atoms with Crippen LogP contribution < -0.4 is 0 Å². The zero-order valence-corrected chi connectivity index (χ0v) is 7.59. The van der Waals surface area contributed by atoms with Crippen LogP contribution in [0.4, 0.5) is 4.39 Å². The van der Waals surface area contributed by atoms with Gasteiger partial charge in [-0.15, -0.1) is 0 Å². The van der Waals surface area contributed by atoms with Crippen LogP contribution in [0.1, 0.15) is 0 Å². The number of halogens is 2. The van der Waals surface area contributed by atoms with E-state index in [4.69, 9.17) is 0 Å². The van der Waals surface area contributed by atoms with Gasteiger partial charge in [0.05, 0.1) is 14.7 Å². The van der Waals surface area contributed by atoms with Crippen LogP contribution in [0.2, 0.25) is 0 Å². The maximum atomic E-state index is 12.5. The quantitative estimate of drug-likeness (QED) is 0.572. The summed E-state index contributed by atoms with van der Waals surface area (Å²) in [7, 11) is 0. The van der Waals surface area contributed by atoms with Crippen LogP contribution in [0.25, 0.3) is 11.0 Å². The largest absolute Gasteiger partial charge is 0.349 e. The van der Waals surface area contributed by atoms with Crippen LogP contribution in [0.3, 0.4) is 0 Å². The molecule has 0 fully saturated rings. The predicted octanol–water partition coefficient (Wildman–Crippen LogP) is 2.31. The first-order valence-electron chi connectivity index (χ1n) is 3.06. The standard InChI is InChI=1S/C7H4FIN2/c8-6-2-1-4-5(10-6)3-7(9)11-4/h1-3,11H. The van der Waals surface area contributed by atoms with Crippen LogP contribution in [0.5, 0.6) is 0 Å². The first-order valence-corrected chi connectivity index (χ1v) is 4.14. The lowest BCUT2D eigenvalue weighted by Crippen LogP contribution is -1.79. The summed E-state index contributed by atoms with van der Waals surface area (Å²) >= 11 is 2.13. The Hall–Kier alpha value is -0.650. The summed E-state index contributed by atoms with van der Waals surface area (Å²) in [6.45, 7) is 0. The van der Waals surface area contributed by atoms with Crippen molar-refractivity contribution >= 4 is 33.6 Å². The van der Waals surface area contributed by atoms with E-state index in [1.165, 1.54) is 6.07 Å². The Balaban J connectivity index is 2.82. The molecular formula is C7H4FIN2. The molecule has 56 valence electrons. The molecular weight excluding hydrogens is 258 g/mol. The summed E-state index contributed by atoms with van der Waals surface area (Å²) in [6.07, 6.45) is 0. The van der Waals surface area contributed by atoms with Gasteiger partial charge in [0, 0.05) is 0 Å². The van der Waals surface area contributed by atoms with Crippen molar-refractivity contribution in [3.8, 4) is 0 Å². The third-order valence-electron chi connectivity index (χ3n) is 1.41. The van der Waals surface area contributed by atoms with Crippen molar-refractivity contribution in [1.82, 2.24) is 9.97 Å². The molecule has 0 aliphatic rings. The van der Waals surface area contributed by atoms with E-state index in [0.717, 1.165) is 9.22 Å². The van der Waals surface area contributed by atoms with E-state index in [-0.39, 0.29) is 0 Å². The predicted molar refractivity (Wildman–Crippen MR) is 48.8 cm³/mol. The number of aromatic nitrogens is 2. The van der Waals surface area contributed by atoms with E-state index >= 15 is 0 Å². The van der Waals surface area contributed by atoms with Crippen molar-refractivity contribution < 1.29 is 4.39 Å². The van der Waals surface area contributed by atoms with E-state index in [1.54, 1.807) is 12.1 Å². The molecule has 11 heavy (non-hydrogen) atoms. The molecule has 2 aromatic rings. The van der Waals surface area contributed by atoms with Crippen LogP contribution in [-0.4, -0.2) is 9.97 Å². The Bertz CT molecular complexity index is 396. The van der Waals surface area contributed by atoms with Crippen molar-refractivity contribution in [2.45, 2.75) is 0 Å². The van der Waals surface area contributed by atoms with Gasteiger partial charge in [-0.2, -0.15) is 4.39 Å². The van der Waals surface area contributed by atoms with E-state index in [2.05, 4.69) is 32.6 Å². The molecule has 0 aliphatic heterocycles. The van der Waals surface area contributed by atoms with Crippen LogP contribution in [-0.2, 0) is 0 Å². The fraction of sp³-hybridized carbons (Fsp3) is 0. The van der Waals surface area contributed by atoms with Gasteiger partial charge in [0.2, 0.25) is 5.95 Å². The summed E-state index contributed by atoms with van der Waals surface area (Å²) in [5.41, 5.74) is 1.55. The molecule has 0 unspecified atom stereocenters. The Morgan fingerprint density at radius 2 is 2.27 bits per heavy atom. The fourth-order valence-electron chi connectivity index (χ4n) is 0.951. The molecule has 2 nitrogen and oxygen atoms in total. The first-order chi connectivity index (χ1) is 5.25. The van der Waals surface area contributed by atoms with Gasteiger partial charge in [0.15, 0.2) is 0 Å². The zero-order chi connectivity index (χ0) is 7.84. The normalized spacial score (nSPS) is 10.7. The van der Waals surface area contributed by atoms with Crippen LogP contribution in [0.15, 0.2) is 18.2 Å². The molecule has 0 aromatic carbocycles. The Morgan fingerprint density at radius 1 is 1.45 bits per heavy atom. The second-order valence-electron chi connectivity index (χ2n) is 2.18. The minimum absolute atomic E-state index is 0.437. The molecule has 2 aromatic heterocycles. The Labute approximate surface area is 76.0 Å². The van der Waals surface area contributed by atoms with Gasteiger partial charge in [0.25, 0.3) is 0 Å². The Morgan fingerprint density at radius 3 is 3.09 bits per heavy atom. The smallest absolute Gasteiger partial charge is 0.213 e. The Kier molecular flexibility index (Phi) is 1.56. The minimum atomic E-state index is -0.437. The number of aromatic amines is 1. The molecule has 2 rings (SSSR count). The van der Waals surface area contributed by atoms with Crippen molar-refractivity contribution in [2.24, 2.45) is 0 Å². The molecule has 0 radical (unpaired) electrons. The van der Waals surface area contributed by atoms with Gasteiger partial charge in [0.1, 0.15) is 0 Å². The number of hydrogen-bond acceptors (Lipinski definition) is 1. The van der Waals surface area contributed by atoms with Crippen LogP contribution in [0, 0.1) is 9.65 Å². The molecule has 0 amide bonds. The number of nitrogens with one attached hydrogen (secondary N) is 1. The molecule has 4 heteroatoms. The van der Waals surface area contributed by atoms with Crippen LogP contribution >= 0.6 is 22.6 Å². The summed E-state index contributed by atoms with van der Waals surface area (Å²) in [5.74, 6) is -0.437. The second-order valence-corrected chi connectivity index (χ2v) is 3.35. The molecule has 0 bridgehead atoms. The highest BCUT2D eigenvalue weighted by atomic mass is 127. The first kappa shape index (κ1) is 7.02. The summed E-state index contributed by atoms with van der Waals surface area (Å²) in [6, 6.07) is 4.83. The third-order valence-corrected chi connectivity index (χ3v) is 1.99. The summed E-state index contributed by atoms with van der Waals surface area (Å²) in [5, 5.41) is 0. The fourth-order valence-corrected chi connectivity index (χ4v) is 1.54. The minimum Gasteiger partial charge on any atom is -0.349 e. The zero-order valence-electron chi connectivity index (χ0n) is 5.44. The molecule has 0 spiro atoms. The lowest BCUT2D eigenvalue weighted by atomic mass is 10.4.